The van der Waals surface area contributed by atoms with Crippen molar-refractivity contribution in [2.75, 3.05) is 11.9 Å². The van der Waals surface area contributed by atoms with Gasteiger partial charge in [0.2, 0.25) is 5.91 Å². The van der Waals surface area contributed by atoms with Crippen molar-refractivity contribution in [2.45, 2.75) is 39.2 Å². The molecule has 1 aromatic rings. The Morgan fingerprint density at radius 3 is 2.41 bits per heavy atom. The second kappa shape index (κ2) is 5.32. The van der Waals surface area contributed by atoms with E-state index in [0.29, 0.717) is 12.8 Å². The number of hydrogen-bond acceptors (Lipinski definition) is 2. The predicted molar refractivity (Wildman–Crippen MR) is 72.1 cm³/mol. The molecule has 0 saturated heterocycles. The van der Waals surface area contributed by atoms with E-state index in [1.165, 1.54) is 0 Å². The average molecular weight is 234 g/mol. The zero-order valence-corrected chi connectivity index (χ0v) is 11.2. The second-order valence-electron chi connectivity index (χ2n) is 4.57. The zero-order chi connectivity index (χ0) is 13.1. The Bertz CT molecular complexity index is 397. The molecule has 17 heavy (non-hydrogen) atoms. The number of carbonyl (C=O) groups is 1. The predicted octanol–water partition coefficient (Wildman–Crippen LogP) is 2.48. The van der Waals surface area contributed by atoms with Gasteiger partial charge in [0.15, 0.2) is 0 Å². The van der Waals surface area contributed by atoms with Gasteiger partial charge >= 0.3 is 0 Å². The molecule has 3 heteroatoms. The third kappa shape index (κ3) is 2.86. The van der Waals surface area contributed by atoms with Crippen LogP contribution in [0.25, 0.3) is 0 Å². The number of benzene rings is 1. The Hall–Kier alpha value is -1.35. The van der Waals surface area contributed by atoms with Crippen molar-refractivity contribution < 1.29 is 4.79 Å². The number of amides is 1. The van der Waals surface area contributed by atoms with Crippen LogP contribution in [0.3, 0.4) is 0 Å². The highest BCUT2D eigenvalue weighted by Crippen LogP contribution is 2.20. The van der Waals surface area contributed by atoms with E-state index in [-0.39, 0.29) is 5.91 Å². The van der Waals surface area contributed by atoms with Gasteiger partial charge in [-0.2, -0.15) is 0 Å². The van der Waals surface area contributed by atoms with Crippen LogP contribution in [0.4, 0.5) is 5.69 Å². The van der Waals surface area contributed by atoms with Gasteiger partial charge < -0.3 is 10.6 Å². The van der Waals surface area contributed by atoms with E-state index >= 15 is 0 Å². The molecule has 0 unspecified atom stereocenters. The number of carbonyl (C=O) groups excluding carboxylic acids is 1. The Balaban J connectivity index is 2.97. The highest BCUT2D eigenvalue weighted by atomic mass is 16.2. The fraction of sp³-hybridized carbons (Fsp3) is 0.500. The van der Waals surface area contributed by atoms with Gasteiger partial charge in [-0.25, -0.2) is 0 Å². The van der Waals surface area contributed by atoms with Gasteiger partial charge in [-0.15, -0.1) is 0 Å². The molecular weight excluding hydrogens is 212 g/mol. The van der Waals surface area contributed by atoms with Crippen LogP contribution in [-0.4, -0.2) is 18.5 Å². The summed E-state index contributed by atoms with van der Waals surface area (Å²) in [5, 5.41) is 0. The van der Waals surface area contributed by atoms with E-state index in [9.17, 15) is 4.79 Å². The second-order valence-corrected chi connectivity index (χ2v) is 4.57. The van der Waals surface area contributed by atoms with Crippen LogP contribution >= 0.6 is 0 Å². The SMILES string of the molecule is CCC(N)(CC)C(=O)N(C)c1cccc(C)c1. The molecule has 1 aromatic carbocycles. The van der Waals surface area contributed by atoms with Gasteiger partial charge in [0.1, 0.15) is 0 Å². The lowest BCUT2D eigenvalue weighted by Crippen LogP contribution is -2.53. The summed E-state index contributed by atoms with van der Waals surface area (Å²) in [4.78, 5) is 14.0. The first-order chi connectivity index (χ1) is 7.94. The van der Waals surface area contributed by atoms with E-state index < -0.39 is 5.54 Å². The molecule has 0 saturated carbocycles. The van der Waals surface area contributed by atoms with Gasteiger partial charge in [0.25, 0.3) is 0 Å². The molecule has 1 amide bonds. The fourth-order valence-corrected chi connectivity index (χ4v) is 1.84. The van der Waals surface area contributed by atoms with E-state index in [0.717, 1.165) is 11.3 Å². The summed E-state index contributed by atoms with van der Waals surface area (Å²) in [7, 11) is 1.78. The van der Waals surface area contributed by atoms with Crippen LogP contribution in [0.5, 0.6) is 0 Å². The molecule has 3 nitrogen and oxygen atoms in total. The van der Waals surface area contributed by atoms with Gasteiger partial charge in [0.05, 0.1) is 5.54 Å². The lowest BCUT2D eigenvalue weighted by molar-refractivity contribution is -0.123. The summed E-state index contributed by atoms with van der Waals surface area (Å²) in [6, 6.07) is 7.88. The van der Waals surface area contributed by atoms with Crippen LogP contribution in [0, 0.1) is 6.92 Å². The van der Waals surface area contributed by atoms with Crippen LogP contribution in [-0.2, 0) is 4.79 Å². The quantitative estimate of drug-likeness (QED) is 0.870. The molecule has 0 spiro atoms. The van der Waals surface area contributed by atoms with Crippen molar-refractivity contribution in [3.05, 3.63) is 29.8 Å². The number of likely N-dealkylation sites (N-methyl/N-ethyl adjacent to an activating group) is 1. The lowest BCUT2D eigenvalue weighted by Gasteiger charge is -2.30. The molecule has 2 N–H and O–H groups in total. The van der Waals surface area contributed by atoms with Crippen molar-refractivity contribution in [1.29, 1.82) is 0 Å². The van der Waals surface area contributed by atoms with Crippen molar-refractivity contribution in [3.63, 3.8) is 0 Å². The van der Waals surface area contributed by atoms with Crippen LogP contribution in [0.1, 0.15) is 32.3 Å². The molecule has 1 rings (SSSR count). The number of rotatable bonds is 4. The smallest absolute Gasteiger partial charge is 0.246 e. The first-order valence-corrected chi connectivity index (χ1v) is 6.08. The highest BCUT2D eigenvalue weighted by Gasteiger charge is 2.33. The van der Waals surface area contributed by atoms with E-state index in [2.05, 4.69) is 0 Å². The van der Waals surface area contributed by atoms with Gasteiger partial charge in [-0.05, 0) is 37.5 Å². The summed E-state index contributed by atoms with van der Waals surface area (Å²) < 4.78 is 0. The standard InChI is InChI=1S/C14H22N2O/c1-5-14(15,6-2)13(17)16(4)12-9-7-8-11(3)10-12/h7-10H,5-6,15H2,1-4H3. The van der Waals surface area contributed by atoms with Crippen LogP contribution < -0.4 is 10.6 Å². The lowest BCUT2D eigenvalue weighted by atomic mass is 9.92. The van der Waals surface area contributed by atoms with E-state index in [1.807, 2.05) is 45.0 Å². The fourth-order valence-electron chi connectivity index (χ4n) is 1.84. The number of nitrogens with two attached hydrogens (primary N) is 1. The van der Waals surface area contributed by atoms with Gasteiger partial charge in [0, 0.05) is 12.7 Å². The van der Waals surface area contributed by atoms with Crippen molar-refractivity contribution in [1.82, 2.24) is 0 Å². The first-order valence-electron chi connectivity index (χ1n) is 6.08. The largest absolute Gasteiger partial charge is 0.317 e. The zero-order valence-electron chi connectivity index (χ0n) is 11.2. The van der Waals surface area contributed by atoms with Gasteiger partial charge in [-0.1, -0.05) is 26.0 Å². The molecule has 0 aliphatic carbocycles. The third-order valence-electron chi connectivity index (χ3n) is 3.38. The topological polar surface area (TPSA) is 46.3 Å². The molecule has 0 heterocycles. The normalized spacial score (nSPS) is 11.4. The summed E-state index contributed by atoms with van der Waals surface area (Å²) in [6.07, 6.45) is 1.30. The maximum atomic E-state index is 12.3. The molecule has 0 fully saturated rings. The van der Waals surface area contributed by atoms with Crippen LogP contribution in [0.15, 0.2) is 24.3 Å². The maximum absolute atomic E-state index is 12.3. The summed E-state index contributed by atoms with van der Waals surface area (Å²) in [6.45, 7) is 5.91. The Morgan fingerprint density at radius 2 is 1.94 bits per heavy atom. The Morgan fingerprint density at radius 1 is 1.35 bits per heavy atom. The molecule has 0 bridgehead atoms. The number of aryl methyl sites for hydroxylation is 1. The van der Waals surface area contributed by atoms with Crippen molar-refractivity contribution >= 4 is 11.6 Å². The van der Waals surface area contributed by atoms with Crippen molar-refractivity contribution in [2.24, 2.45) is 5.73 Å². The van der Waals surface area contributed by atoms with Gasteiger partial charge in [-0.3, -0.25) is 4.79 Å². The number of hydrogen-bond donors (Lipinski definition) is 1. The maximum Gasteiger partial charge on any atom is 0.246 e. The van der Waals surface area contributed by atoms with Crippen LogP contribution in [0.2, 0.25) is 0 Å². The minimum Gasteiger partial charge on any atom is -0.317 e. The molecule has 0 atom stereocenters. The molecule has 0 aliphatic heterocycles. The minimum atomic E-state index is -0.751. The molecule has 0 radical (unpaired) electrons. The monoisotopic (exact) mass is 234 g/mol. The summed E-state index contributed by atoms with van der Waals surface area (Å²) in [5.41, 5.74) is 7.41. The highest BCUT2D eigenvalue weighted by molar-refractivity contribution is 5.99. The molecule has 0 aromatic heterocycles. The average Bonchev–Trinajstić information content (AvgIpc) is 2.36. The third-order valence-corrected chi connectivity index (χ3v) is 3.38. The molecule has 0 aliphatic rings. The van der Waals surface area contributed by atoms with E-state index in [1.54, 1.807) is 11.9 Å². The Kier molecular flexibility index (Phi) is 4.29. The Labute approximate surface area is 104 Å². The first kappa shape index (κ1) is 13.7. The minimum absolute atomic E-state index is 0.0203. The number of anilines is 1. The number of nitrogens with zero attached hydrogens (tertiary/aromatic N) is 1. The van der Waals surface area contributed by atoms with Crippen molar-refractivity contribution in [3.8, 4) is 0 Å². The summed E-state index contributed by atoms with van der Waals surface area (Å²) >= 11 is 0. The van der Waals surface area contributed by atoms with E-state index in [4.69, 9.17) is 5.73 Å². The molecular formula is C14H22N2O. The molecule has 94 valence electrons. The summed E-state index contributed by atoms with van der Waals surface area (Å²) in [5.74, 6) is -0.0203.